The van der Waals surface area contributed by atoms with Crippen molar-refractivity contribution in [2.45, 2.75) is 52.4 Å². The first kappa shape index (κ1) is 16.0. The Balaban J connectivity index is 1.55. The minimum absolute atomic E-state index is 0.191. The number of fused-ring (bicyclic) bond motifs is 7. The molecule has 8 unspecified atom stereocenters. The van der Waals surface area contributed by atoms with E-state index in [4.69, 9.17) is 0 Å². The van der Waals surface area contributed by atoms with Crippen LogP contribution in [0.5, 0.6) is 0 Å². The van der Waals surface area contributed by atoms with Gasteiger partial charge in [-0.25, -0.2) is 0 Å². The lowest BCUT2D eigenvalue weighted by atomic mass is 9.45. The number of carbonyl (C=O) groups excluding carboxylic acids is 1. The highest BCUT2D eigenvalue weighted by atomic mass is 16.1. The van der Waals surface area contributed by atoms with Crippen LogP contribution < -0.4 is 0 Å². The molecule has 0 N–H and O–H groups in total. The fourth-order valence-corrected chi connectivity index (χ4v) is 8.04. The maximum atomic E-state index is 12.0. The van der Waals surface area contributed by atoms with Crippen molar-refractivity contribution in [1.29, 1.82) is 0 Å². The van der Waals surface area contributed by atoms with Crippen LogP contribution in [-0.4, -0.2) is 19.0 Å². The van der Waals surface area contributed by atoms with E-state index in [9.17, 15) is 4.79 Å². The molecule has 0 aliphatic heterocycles. The lowest BCUT2D eigenvalue weighted by Gasteiger charge is -2.59. The zero-order valence-corrected chi connectivity index (χ0v) is 15.9. The topological polar surface area (TPSA) is 29.4 Å². The molecule has 25 heavy (non-hydrogen) atoms. The van der Waals surface area contributed by atoms with E-state index in [-0.39, 0.29) is 5.41 Å². The molecular weight excluding hydrogens is 306 g/mol. The summed E-state index contributed by atoms with van der Waals surface area (Å²) in [6.07, 6.45) is 11.2. The van der Waals surface area contributed by atoms with Crippen LogP contribution in [0.4, 0.5) is 0 Å². The first-order valence-electron chi connectivity index (χ1n) is 10.3. The second kappa shape index (κ2) is 4.96. The van der Waals surface area contributed by atoms with Crippen LogP contribution in [0.15, 0.2) is 28.8 Å². The van der Waals surface area contributed by atoms with Crippen molar-refractivity contribution >= 4 is 12.0 Å². The molecule has 5 aliphatic carbocycles. The van der Waals surface area contributed by atoms with E-state index in [1.807, 2.05) is 13.1 Å². The van der Waals surface area contributed by atoms with Gasteiger partial charge in [0.1, 0.15) is 0 Å². The molecule has 0 aromatic heterocycles. The molecule has 0 amide bonds. The highest BCUT2D eigenvalue weighted by Crippen LogP contribution is 2.75. The van der Waals surface area contributed by atoms with Gasteiger partial charge in [0, 0.05) is 25.6 Å². The molecule has 134 valence electrons. The van der Waals surface area contributed by atoms with Gasteiger partial charge in [0.25, 0.3) is 0 Å². The average molecular weight is 338 g/mol. The number of ketones is 1. The van der Waals surface area contributed by atoms with Gasteiger partial charge in [-0.3, -0.25) is 4.79 Å². The SMILES string of the molecule is C=C1CC2C(CCC3(C)C(C=NC)C4CC4C23)C2(C)CCC(=O)C=C12. The van der Waals surface area contributed by atoms with Gasteiger partial charge in [-0.05, 0) is 84.2 Å². The summed E-state index contributed by atoms with van der Waals surface area (Å²) in [7, 11) is 1.94. The summed E-state index contributed by atoms with van der Waals surface area (Å²) in [6.45, 7) is 9.46. The Kier molecular flexibility index (Phi) is 3.18. The molecule has 0 aromatic carbocycles. The van der Waals surface area contributed by atoms with Crippen molar-refractivity contribution in [3.8, 4) is 0 Å². The van der Waals surface area contributed by atoms with Crippen LogP contribution >= 0.6 is 0 Å². The summed E-state index contributed by atoms with van der Waals surface area (Å²) in [5.74, 6) is 5.18. The number of carbonyl (C=O) groups is 1. The molecule has 2 heteroatoms. The van der Waals surface area contributed by atoms with Gasteiger partial charge in [-0.2, -0.15) is 0 Å². The van der Waals surface area contributed by atoms with Crippen molar-refractivity contribution < 1.29 is 4.79 Å². The van der Waals surface area contributed by atoms with Gasteiger partial charge in [0.15, 0.2) is 5.78 Å². The molecule has 5 aliphatic rings. The summed E-state index contributed by atoms with van der Waals surface area (Å²) in [5, 5.41) is 0. The number of rotatable bonds is 1. The van der Waals surface area contributed by atoms with Crippen molar-refractivity contribution in [1.82, 2.24) is 0 Å². The fourth-order valence-electron chi connectivity index (χ4n) is 8.04. The van der Waals surface area contributed by atoms with Gasteiger partial charge in [0.2, 0.25) is 0 Å². The Morgan fingerprint density at radius 2 is 2.04 bits per heavy atom. The summed E-state index contributed by atoms with van der Waals surface area (Å²) >= 11 is 0. The van der Waals surface area contributed by atoms with Crippen LogP contribution in [0.2, 0.25) is 0 Å². The molecule has 8 atom stereocenters. The average Bonchev–Trinajstić information content (AvgIpc) is 3.29. The Labute approximate surface area is 151 Å². The zero-order valence-electron chi connectivity index (χ0n) is 15.9. The van der Waals surface area contributed by atoms with Gasteiger partial charge in [-0.15, -0.1) is 0 Å². The number of aliphatic imine (C=N–C) groups is 1. The second-order valence-electron chi connectivity index (χ2n) is 10.1. The molecule has 0 spiro atoms. The first-order valence-corrected chi connectivity index (χ1v) is 10.3. The standard InChI is InChI=1S/C23H31NO/c1-13-9-17-18(22(2)7-5-14(25)10-19(13)22)6-8-23(3)20(12-24-4)15-11-16(15)21(17)23/h10,12,15-18,20-21H,1,5-9,11H2,2-4H3. The molecule has 2 nitrogen and oxygen atoms in total. The van der Waals surface area contributed by atoms with Crippen LogP contribution in [0.3, 0.4) is 0 Å². The lowest BCUT2D eigenvalue weighted by molar-refractivity contribution is -0.117. The van der Waals surface area contributed by atoms with Crippen molar-refractivity contribution in [2.75, 3.05) is 7.05 Å². The van der Waals surface area contributed by atoms with E-state index < -0.39 is 0 Å². The summed E-state index contributed by atoms with van der Waals surface area (Å²) in [4.78, 5) is 16.5. The fraction of sp³-hybridized carbons (Fsp3) is 0.739. The predicted octanol–water partition coefficient (Wildman–Crippen LogP) is 4.86. The molecule has 0 saturated heterocycles. The highest BCUT2D eigenvalue weighted by molar-refractivity contribution is 5.92. The maximum Gasteiger partial charge on any atom is 0.156 e. The molecule has 0 heterocycles. The quantitative estimate of drug-likeness (QED) is 0.629. The summed E-state index contributed by atoms with van der Waals surface area (Å²) in [5.41, 5.74) is 3.21. The van der Waals surface area contributed by atoms with Crippen molar-refractivity contribution in [3.63, 3.8) is 0 Å². The van der Waals surface area contributed by atoms with Crippen LogP contribution in [0.25, 0.3) is 0 Å². The van der Waals surface area contributed by atoms with Gasteiger partial charge >= 0.3 is 0 Å². The third-order valence-corrected chi connectivity index (χ3v) is 9.11. The van der Waals surface area contributed by atoms with E-state index >= 15 is 0 Å². The maximum absolute atomic E-state index is 12.0. The van der Waals surface area contributed by atoms with E-state index in [1.54, 1.807) is 0 Å². The highest BCUT2D eigenvalue weighted by Gasteiger charge is 2.69. The molecule has 4 fully saturated rings. The Hall–Kier alpha value is -1.18. The van der Waals surface area contributed by atoms with Gasteiger partial charge in [-0.1, -0.05) is 26.0 Å². The third kappa shape index (κ3) is 1.92. The minimum atomic E-state index is 0.191. The lowest BCUT2D eigenvalue weighted by Crippen LogP contribution is -2.52. The molecule has 4 saturated carbocycles. The molecule has 5 rings (SSSR count). The van der Waals surface area contributed by atoms with Crippen LogP contribution in [0.1, 0.15) is 52.4 Å². The van der Waals surface area contributed by atoms with E-state index in [1.165, 1.54) is 30.4 Å². The Bertz CT molecular complexity index is 718. The number of hydrogen-bond donors (Lipinski definition) is 0. The zero-order chi connectivity index (χ0) is 17.6. The van der Waals surface area contributed by atoms with Crippen molar-refractivity contribution in [2.24, 2.45) is 51.3 Å². The molecule has 0 aromatic rings. The Morgan fingerprint density at radius 1 is 1.24 bits per heavy atom. The molecule has 0 bridgehead atoms. The normalized spacial score (nSPS) is 53.8. The van der Waals surface area contributed by atoms with E-state index in [0.29, 0.717) is 17.1 Å². The predicted molar refractivity (Wildman–Crippen MR) is 102 cm³/mol. The summed E-state index contributed by atoms with van der Waals surface area (Å²) in [6, 6.07) is 0. The largest absolute Gasteiger partial charge is 0.301 e. The Morgan fingerprint density at radius 3 is 2.80 bits per heavy atom. The van der Waals surface area contributed by atoms with E-state index in [0.717, 1.165) is 48.9 Å². The van der Waals surface area contributed by atoms with Crippen LogP contribution in [-0.2, 0) is 4.79 Å². The van der Waals surface area contributed by atoms with E-state index in [2.05, 4.69) is 31.6 Å². The van der Waals surface area contributed by atoms with Gasteiger partial charge < -0.3 is 4.99 Å². The second-order valence-corrected chi connectivity index (χ2v) is 10.1. The number of nitrogens with zero attached hydrogens (tertiary/aromatic N) is 1. The minimum Gasteiger partial charge on any atom is -0.301 e. The number of hydrogen-bond acceptors (Lipinski definition) is 2. The smallest absolute Gasteiger partial charge is 0.156 e. The molecular formula is C23H31NO. The number of allylic oxidation sites excluding steroid dienone is 2. The van der Waals surface area contributed by atoms with Gasteiger partial charge in [0.05, 0.1) is 0 Å². The third-order valence-electron chi connectivity index (χ3n) is 9.11. The molecule has 0 radical (unpaired) electrons. The summed E-state index contributed by atoms with van der Waals surface area (Å²) < 4.78 is 0. The monoisotopic (exact) mass is 337 g/mol. The first-order chi connectivity index (χ1) is 11.9. The van der Waals surface area contributed by atoms with Crippen LogP contribution in [0, 0.1) is 46.3 Å². The van der Waals surface area contributed by atoms with Crippen molar-refractivity contribution in [3.05, 3.63) is 23.8 Å².